The Morgan fingerprint density at radius 3 is 2.28 bits per heavy atom. The molecule has 1 rings (SSSR count). The highest BCUT2D eigenvalue weighted by molar-refractivity contribution is 5.84. The summed E-state index contributed by atoms with van der Waals surface area (Å²) in [6.45, 7) is 3.58. The first-order valence-corrected chi connectivity index (χ1v) is 5.76. The van der Waals surface area contributed by atoms with E-state index >= 15 is 0 Å². The zero-order valence-electron chi connectivity index (χ0n) is 10.5. The molecule has 1 amide bonds. The van der Waals surface area contributed by atoms with Gasteiger partial charge in [0, 0.05) is 6.54 Å². The van der Waals surface area contributed by atoms with Crippen molar-refractivity contribution in [1.29, 1.82) is 0 Å². The van der Waals surface area contributed by atoms with Crippen LogP contribution in [0.3, 0.4) is 0 Å². The van der Waals surface area contributed by atoms with Crippen LogP contribution in [0.1, 0.15) is 19.4 Å². The predicted octanol–water partition coefficient (Wildman–Crippen LogP) is 1.26. The van der Waals surface area contributed by atoms with Gasteiger partial charge in [-0.3, -0.25) is 4.79 Å². The smallest absolute Gasteiger partial charge is 0.326 e. The molecule has 18 heavy (non-hydrogen) atoms. The minimum Gasteiger partial charge on any atom is -0.508 e. The van der Waals surface area contributed by atoms with Crippen molar-refractivity contribution in [1.82, 2.24) is 4.90 Å². The number of aliphatic carboxylic acids is 1. The maximum atomic E-state index is 12.0. The quantitative estimate of drug-likeness (QED) is 0.825. The van der Waals surface area contributed by atoms with E-state index in [2.05, 4.69) is 0 Å². The number of carbonyl (C=O) groups excluding carboxylic acids is 1. The molecule has 0 aliphatic carbocycles. The van der Waals surface area contributed by atoms with E-state index in [4.69, 9.17) is 10.2 Å². The minimum atomic E-state index is -1.02. The van der Waals surface area contributed by atoms with Crippen LogP contribution in [0, 0.1) is 0 Å². The number of hydrogen-bond acceptors (Lipinski definition) is 3. The van der Waals surface area contributed by atoms with Crippen molar-refractivity contribution < 1.29 is 19.8 Å². The first-order valence-electron chi connectivity index (χ1n) is 5.76. The zero-order chi connectivity index (χ0) is 13.7. The van der Waals surface area contributed by atoms with Crippen LogP contribution in [-0.4, -0.2) is 39.6 Å². The van der Waals surface area contributed by atoms with E-state index < -0.39 is 12.0 Å². The predicted molar refractivity (Wildman–Crippen MR) is 66.3 cm³/mol. The summed E-state index contributed by atoms with van der Waals surface area (Å²) in [5.41, 5.74) is 0.744. The summed E-state index contributed by atoms with van der Waals surface area (Å²) in [7, 11) is 0. The Morgan fingerprint density at radius 1 is 1.28 bits per heavy atom. The van der Waals surface area contributed by atoms with Gasteiger partial charge in [-0.05, 0) is 31.5 Å². The number of hydrogen-bond donors (Lipinski definition) is 2. The number of benzene rings is 1. The lowest BCUT2D eigenvalue weighted by molar-refractivity contribution is -0.149. The average molecular weight is 251 g/mol. The van der Waals surface area contributed by atoms with Gasteiger partial charge < -0.3 is 15.1 Å². The van der Waals surface area contributed by atoms with Gasteiger partial charge >= 0.3 is 5.97 Å². The molecule has 5 heteroatoms. The maximum absolute atomic E-state index is 12.0. The lowest BCUT2D eigenvalue weighted by Crippen LogP contribution is -2.43. The molecule has 0 saturated heterocycles. The van der Waals surface area contributed by atoms with Gasteiger partial charge in [-0.15, -0.1) is 0 Å². The first-order chi connectivity index (χ1) is 8.45. The van der Waals surface area contributed by atoms with Crippen molar-refractivity contribution in [2.24, 2.45) is 0 Å². The number of rotatable bonds is 5. The minimum absolute atomic E-state index is 0.131. The second-order valence-electron chi connectivity index (χ2n) is 4.04. The Bertz CT molecular complexity index is 427. The molecule has 98 valence electrons. The van der Waals surface area contributed by atoms with Crippen molar-refractivity contribution in [3.63, 3.8) is 0 Å². The van der Waals surface area contributed by atoms with Gasteiger partial charge in [-0.1, -0.05) is 12.1 Å². The maximum Gasteiger partial charge on any atom is 0.326 e. The highest BCUT2D eigenvalue weighted by Gasteiger charge is 2.23. The fourth-order valence-electron chi connectivity index (χ4n) is 1.69. The van der Waals surface area contributed by atoms with E-state index in [9.17, 15) is 9.59 Å². The standard InChI is InChI=1S/C13H17NO4/c1-3-14(9(2)13(17)18)12(16)8-10-4-6-11(15)7-5-10/h4-7,9,15H,3,8H2,1-2H3,(H,17,18). The van der Waals surface area contributed by atoms with Crippen LogP contribution in [-0.2, 0) is 16.0 Å². The van der Waals surface area contributed by atoms with E-state index in [1.807, 2.05) is 0 Å². The third-order valence-electron chi connectivity index (χ3n) is 2.78. The number of aromatic hydroxyl groups is 1. The average Bonchev–Trinajstić information content (AvgIpc) is 2.32. The van der Waals surface area contributed by atoms with Gasteiger partial charge in [-0.25, -0.2) is 4.79 Å². The van der Waals surface area contributed by atoms with E-state index in [-0.39, 0.29) is 18.1 Å². The summed E-state index contributed by atoms with van der Waals surface area (Å²) in [4.78, 5) is 24.2. The van der Waals surface area contributed by atoms with Crippen molar-refractivity contribution in [3.05, 3.63) is 29.8 Å². The molecule has 0 spiro atoms. The summed E-state index contributed by atoms with van der Waals surface area (Å²) in [5, 5.41) is 18.0. The second kappa shape index (κ2) is 6.05. The molecule has 0 aromatic heterocycles. The Kier molecular flexibility index (Phi) is 4.71. The van der Waals surface area contributed by atoms with Gasteiger partial charge in [0.05, 0.1) is 6.42 Å². The van der Waals surface area contributed by atoms with Crippen molar-refractivity contribution in [3.8, 4) is 5.75 Å². The van der Waals surface area contributed by atoms with Gasteiger partial charge in [-0.2, -0.15) is 0 Å². The summed E-state index contributed by atoms with van der Waals surface area (Å²) in [5.74, 6) is -1.12. The third-order valence-corrected chi connectivity index (χ3v) is 2.78. The Labute approximate surface area is 106 Å². The van der Waals surface area contributed by atoms with Gasteiger partial charge in [0.1, 0.15) is 11.8 Å². The highest BCUT2D eigenvalue weighted by Crippen LogP contribution is 2.12. The zero-order valence-corrected chi connectivity index (χ0v) is 10.5. The molecule has 0 bridgehead atoms. The molecule has 0 saturated carbocycles. The van der Waals surface area contributed by atoms with Crippen LogP contribution in [0.5, 0.6) is 5.75 Å². The normalized spacial score (nSPS) is 11.9. The molecule has 0 heterocycles. The summed E-state index contributed by atoms with van der Waals surface area (Å²) >= 11 is 0. The number of phenols is 1. The molecule has 0 radical (unpaired) electrons. The number of likely N-dealkylation sites (N-methyl/N-ethyl adjacent to an activating group) is 1. The highest BCUT2D eigenvalue weighted by atomic mass is 16.4. The second-order valence-corrected chi connectivity index (χ2v) is 4.04. The number of carboxylic acids is 1. The lowest BCUT2D eigenvalue weighted by Gasteiger charge is -2.25. The molecular formula is C13H17NO4. The van der Waals surface area contributed by atoms with Gasteiger partial charge in [0.15, 0.2) is 0 Å². The summed E-state index contributed by atoms with van der Waals surface area (Å²) < 4.78 is 0. The third kappa shape index (κ3) is 3.48. The van der Waals surface area contributed by atoms with Crippen molar-refractivity contribution in [2.45, 2.75) is 26.3 Å². The topological polar surface area (TPSA) is 77.8 Å². The molecule has 1 atom stereocenters. The number of amides is 1. The largest absolute Gasteiger partial charge is 0.508 e. The number of phenolic OH excluding ortho intramolecular Hbond substituents is 1. The van der Waals surface area contributed by atoms with Crippen LogP contribution in [0.25, 0.3) is 0 Å². The number of carbonyl (C=O) groups is 2. The Morgan fingerprint density at radius 2 is 1.83 bits per heavy atom. The van der Waals surface area contributed by atoms with Crippen LogP contribution < -0.4 is 0 Å². The SMILES string of the molecule is CCN(C(=O)Cc1ccc(O)cc1)C(C)C(=O)O. The monoisotopic (exact) mass is 251 g/mol. The first kappa shape index (κ1) is 14.0. The summed E-state index contributed by atoms with van der Waals surface area (Å²) in [6, 6.07) is 5.46. The van der Waals surface area contributed by atoms with E-state index in [0.29, 0.717) is 6.54 Å². The van der Waals surface area contributed by atoms with E-state index in [0.717, 1.165) is 5.56 Å². The lowest BCUT2D eigenvalue weighted by atomic mass is 10.1. The molecule has 5 nitrogen and oxygen atoms in total. The Hall–Kier alpha value is -2.04. The number of nitrogens with zero attached hydrogens (tertiary/aromatic N) is 1. The van der Waals surface area contributed by atoms with Gasteiger partial charge in [0.25, 0.3) is 0 Å². The molecule has 0 aliphatic rings. The molecule has 0 aliphatic heterocycles. The van der Waals surface area contributed by atoms with Crippen LogP contribution in [0.15, 0.2) is 24.3 Å². The molecule has 2 N–H and O–H groups in total. The van der Waals surface area contributed by atoms with Gasteiger partial charge in [0.2, 0.25) is 5.91 Å². The molecular weight excluding hydrogens is 234 g/mol. The molecule has 1 unspecified atom stereocenters. The number of carboxylic acid groups (broad SMARTS) is 1. The van der Waals surface area contributed by atoms with Crippen LogP contribution in [0.2, 0.25) is 0 Å². The summed E-state index contributed by atoms with van der Waals surface area (Å²) in [6.07, 6.45) is 0.131. The van der Waals surface area contributed by atoms with Crippen LogP contribution >= 0.6 is 0 Å². The van der Waals surface area contributed by atoms with Crippen LogP contribution in [0.4, 0.5) is 0 Å². The molecule has 0 fully saturated rings. The van der Waals surface area contributed by atoms with E-state index in [1.54, 1.807) is 19.1 Å². The van der Waals surface area contributed by atoms with E-state index in [1.165, 1.54) is 24.0 Å². The van der Waals surface area contributed by atoms with Crippen molar-refractivity contribution >= 4 is 11.9 Å². The molecule has 1 aromatic rings. The molecule has 1 aromatic carbocycles. The fourth-order valence-corrected chi connectivity index (χ4v) is 1.69. The fraction of sp³-hybridized carbons (Fsp3) is 0.385. The Balaban J connectivity index is 2.74. The van der Waals surface area contributed by atoms with Crippen molar-refractivity contribution in [2.75, 3.05) is 6.54 Å².